The number of rotatable bonds is 5. The van der Waals surface area contributed by atoms with E-state index in [1.807, 2.05) is 24.3 Å². The van der Waals surface area contributed by atoms with Crippen LogP contribution in [0.4, 0.5) is 0 Å². The lowest BCUT2D eigenvalue weighted by molar-refractivity contribution is 0.132. The van der Waals surface area contributed by atoms with E-state index in [2.05, 4.69) is 17.1 Å². The Balaban J connectivity index is 1.78. The predicted molar refractivity (Wildman–Crippen MR) is 72.4 cm³/mol. The number of piperazine rings is 1. The van der Waals surface area contributed by atoms with Gasteiger partial charge in [0.05, 0.1) is 7.11 Å². The van der Waals surface area contributed by atoms with Crippen molar-refractivity contribution in [1.29, 1.82) is 0 Å². The SMILES string of the molecule is COc1ccc(OCC(C)N2CCNCC2)cc1. The third-order valence-electron chi connectivity index (χ3n) is 3.33. The fraction of sp³-hybridized carbons (Fsp3) is 0.571. The molecule has 4 nitrogen and oxygen atoms in total. The van der Waals surface area contributed by atoms with Gasteiger partial charge in [-0.15, -0.1) is 0 Å². The zero-order valence-corrected chi connectivity index (χ0v) is 11.2. The average Bonchev–Trinajstić information content (AvgIpc) is 2.46. The van der Waals surface area contributed by atoms with E-state index in [4.69, 9.17) is 9.47 Å². The number of methoxy groups -OCH3 is 1. The van der Waals surface area contributed by atoms with Gasteiger partial charge in [-0.05, 0) is 31.2 Å². The third kappa shape index (κ3) is 3.62. The summed E-state index contributed by atoms with van der Waals surface area (Å²) in [4.78, 5) is 2.46. The number of benzene rings is 1. The summed E-state index contributed by atoms with van der Waals surface area (Å²) < 4.78 is 10.9. The van der Waals surface area contributed by atoms with Gasteiger partial charge < -0.3 is 14.8 Å². The van der Waals surface area contributed by atoms with Gasteiger partial charge in [0.25, 0.3) is 0 Å². The van der Waals surface area contributed by atoms with Gasteiger partial charge in [-0.2, -0.15) is 0 Å². The minimum Gasteiger partial charge on any atom is -0.497 e. The summed E-state index contributed by atoms with van der Waals surface area (Å²) >= 11 is 0. The lowest BCUT2D eigenvalue weighted by atomic mass is 10.2. The topological polar surface area (TPSA) is 33.7 Å². The molecule has 0 aliphatic carbocycles. The Morgan fingerprint density at radius 3 is 2.39 bits per heavy atom. The van der Waals surface area contributed by atoms with Crippen LogP contribution in [0.5, 0.6) is 11.5 Å². The van der Waals surface area contributed by atoms with Crippen LogP contribution in [-0.2, 0) is 0 Å². The monoisotopic (exact) mass is 250 g/mol. The maximum Gasteiger partial charge on any atom is 0.119 e. The van der Waals surface area contributed by atoms with Crippen molar-refractivity contribution in [3.05, 3.63) is 24.3 Å². The van der Waals surface area contributed by atoms with E-state index in [1.165, 1.54) is 0 Å². The van der Waals surface area contributed by atoms with Crippen molar-refractivity contribution in [2.75, 3.05) is 39.9 Å². The maximum atomic E-state index is 5.80. The molecule has 100 valence electrons. The summed E-state index contributed by atoms with van der Waals surface area (Å²) in [7, 11) is 1.67. The van der Waals surface area contributed by atoms with E-state index in [1.54, 1.807) is 7.11 Å². The highest BCUT2D eigenvalue weighted by Crippen LogP contribution is 2.17. The third-order valence-corrected chi connectivity index (χ3v) is 3.33. The van der Waals surface area contributed by atoms with E-state index in [9.17, 15) is 0 Å². The normalized spacial score (nSPS) is 18.3. The average molecular weight is 250 g/mol. The van der Waals surface area contributed by atoms with Gasteiger partial charge in [0.15, 0.2) is 0 Å². The minimum atomic E-state index is 0.453. The summed E-state index contributed by atoms with van der Waals surface area (Å²) in [5.41, 5.74) is 0. The van der Waals surface area contributed by atoms with Gasteiger partial charge in [0.2, 0.25) is 0 Å². The first-order valence-electron chi connectivity index (χ1n) is 6.51. The van der Waals surface area contributed by atoms with Crippen LogP contribution in [0.3, 0.4) is 0 Å². The van der Waals surface area contributed by atoms with Crippen LogP contribution >= 0.6 is 0 Å². The second-order valence-corrected chi connectivity index (χ2v) is 4.62. The Hall–Kier alpha value is -1.26. The van der Waals surface area contributed by atoms with Gasteiger partial charge in [0, 0.05) is 32.2 Å². The highest BCUT2D eigenvalue weighted by Gasteiger charge is 2.16. The molecule has 18 heavy (non-hydrogen) atoms. The molecule has 0 radical (unpaired) electrons. The van der Waals surface area contributed by atoms with Crippen molar-refractivity contribution in [2.24, 2.45) is 0 Å². The lowest BCUT2D eigenvalue weighted by Gasteiger charge is -2.32. The van der Waals surface area contributed by atoms with E-state index >= 15 is 0 Å². The Labute approximate surface area is 109 Å². The summed E-state index contributed by atoms with van der Waals surface area (Å²) in [6.07, 6.45) is 0. The predicted octanol–water partition coefficient (Wildman–Crippen LogP) is 1.37. The molecule has 1 atom stereocenters. The molecule has 1 aromatic rings. The van der Waals surface area contributed by atoms with Crippen molar-refractivity contribution < 1.29 is 9.47 Å². The van der Waals surface area contributed by atoms with Crippen LogP contribution in [0, 0.1) is 0 Å². The van der Waals surface area contributed by atoms with Crippen molar-refractivity contribution >= 4 is 0 Å². The molecular formula is C14H22N2O2. The number of nitrogens with one attached hydrogen (secondary N) is 1. The Kier molecular flexibility index (Phi) is 4.84. The summed E-state index contributed by atoms with van der Waals surface area (Å²) in [5.74, 6) is 1.76. The molecule has 0 aromatic heterocycles. The highest BCUT2D eigenvalue weighted by molar-refractivity contribution is 5.31. The van der Waals surface area contributed by atoms with Gasteiger partial charge >= 0.3 is 0 Å². The van der Waals surface area contributed by atoms with Crippen molar-refractivity contribution in [3.8, 4) is 11.5 Å². The van der Waals surface area contributed by atoms with Crippen LogP contribution in [0.1, 0.15) is 6.92 Å². The molecule has 4 heteroatoms. The summed E-state index contributed by atoms with van der Waals surface area (Å²) in [6.45, 7) is 7.31. The first-order valence-corrected chi connectivity index (χ1v) is 6.51. The van der Waals surface area contributed by atoms with Crippen molar-refractivity contribution in [3.63, 3.8) is 0 Å². The molecule has 1 fully saturated rings. The molecule has 1 aromatic carbocycles. The summed E-state index contributed by atoms with van der Waals surface area (Å²) in [5, 5.41) is 3.36. The maximum absolute atomic E-state index is 5.80. The van der Waals surface area contributed by atoms with Crippen molar-refractivity contribution in [2.45, 2.75) is 13.0 Å². The molecular weight excluding hydrogens is 228 g/mol. The lowest BCUT2D eigenvalue weighted by Crippen LogP contribution is -2.49. The molecule has 1 N–H and O–H groups in total. The number of nitrogens with zero attached hydrogens (tertiary/aromatic N) is 1. The molecule has 0 bridgehead atoms. The summed E-state index contributed by atoms with van der Waals surface area (Å²) in [6, 6.07) is 8.19. The first kappa shape index (κ1) is 13.2. The zero-order valence-electron chi connectivity index (χ0n) is 11.2. The van der Waals surface area contributed by atoms with Crippen LogP contribution in [0.2, 0.25) is 0 Å². The largest absolute Gasteiger partial charge is 0.497 e. The van der Waals surface area contributed by atoms with E-state index in [0.717, 1.165) is 44.3 Å². The van der Waals surface area contributed by atoms with Crippen LogP contribution < -0.4 is 14.8 Å². The quantitative estimate of drug-likeness (QED) is 0.856. The second-order valence-electron chi connectivity index (χ2n) is 4.62. The highest BCUT2D eigenvalue weighted by atomic mass is 16.5. The Morgan fingerprint density at radius 1 is 1.17 bits per heavy atom. The Morgan fingerprint density at radius 2 is 1.78 bits per heavy atom. The molecule has 1 aliphatic rings. The van der Waals surface area contributed by atoms with Crippen LogP contribution in [-0.4, -0.2) is 50.8 Å². The standard InChI is InChI=1S/C14H22N2O2/c1-12(16-9-7-15-8-10-16)11-18-14-5-3-13(17-2)4-6-14/h3-6,12,15H,7-11H2,1-2H3. The van der Waals surface area contributed by atoms with Gasteiger partial charge in [-0.25, -0.2) is 0 Å². The van der Waals surface area contributed by atoms with Gasteiger partial charge in [0.1, 0.15) is 18.1 Å². The van der Waals surface area contributed by atoms with Crippen LogP contribution in [0.15, 0.2) is 24.3 Å². The molecule has 0 amide bonds. The smallest absolute Gasteiger partial charge is 0.119 e. The van der Waals surface area contributed by atoms with Gasteiger partial charge in [-0.3, -0.25) is 4.90 Å². The number of hydrogen-bond acceptors (Lipinski definition) is 4. The molecule has 1 heterocycles. The van der Waals surface area contributed by atoms with E-state index in [0.29, 0.717) is 6.04 Å². The molecule has 1 saturated heterocycles. The number of ether oxygens (including phenoxy) is 2. The zero-order chi connectivity index (χ0) is 12.8. The molecule has 2 rings (SSSR count). The fourth-order valence-corrected chi connectivity index (χ4v) is 2.12. The van der Waals surface area contributed by atoms with Crippen molar-refractivity contribution in [1.82, 2.24) is 10.2 Å². The second kappa shape index (κ2) is 6.61. The fourth-order valence-electron chi connectivity index (χ4n) is 2.12. The Bertz CT molecular complexity index is 347. The number of hydrogen-bond donors (Lipinski definition) is 1. The minimum absolute atomic E-state index is 0.453. The molecule has 0 saturated carbocycles. The van der Waals surface area contributed by atoms with Gasteiger partial charge in [-0.1, -0.05) is 0 Å². The van der Waals surface area contributed by atoms with E-state index in [-0.39, 0.29) is 0 Å². The molecule has 1 aliphatic heterocycles. The first-order chi connectivity index (χ1) is 8.79. The van der Waals surface area contributed by atoms with Crippen LogP contribution in [0.25, 0.3) is 0 Å². The molecule has 1 unspecified atom stereocenters. The van der Waals surface area contributed by atoms with E-state index < -0.39 is 0 Å². The molecule has 0 spiro atoms.